The van der Waals surface area contributed by atoms with Crippen molar-refractivity contribution in [3.05, 3.63) is 62.9 Å². The third kappa shape index (κ3) is 5.60. The quantitative estimate of drug-likeness (QED) is 0.412. The maximum absolute atomic E-state index is 14.1. The number of nitrogen functional groups attached to an aromatic ring is 1. The van der Waals surface area contributed by atoms with Crippen molar-refractivity contribution in [3.8, 4) is 5.75 Å². The maximum atomic E-state index is 14.1. The van der Waals surface area contributed by atoms with Gasteiger partial charge in [-0.15, -0.1) is 5.10 Å². The van der Waals surface area contributed by atoms with Gasteiger partial charge >= 0.3 is 0 Å². The average Bonchev–Trinajstić information content (AvgIpc) is 3.19. The molecule has 0 aliphatic heterocycles. The number of rotatable bonds is 8. The fourth-order valence-electron chi connectivity index (χ4n) is 3.80. The Morgan fingerprint density at radius 1 is 1.39 bits per heavy atom. The molecular formula is C23H26FIN6O2. The van der Waals surface area contributed by atoms with E-state index in [1.165, 1.54) is 37.5 Å². The molecule has 0 saturated heterocycles. The molecule has 2 heterocycles. The van der Waals surface area contributed by atoms with Gasteiger partial charge in [0.05, 0.1) is 12.7 Å². The van der Waals surface area contributed by atoms with Crippen LogP contribution in [0.1, 0.15) is 53.9 Å². The van der Waals surface area contributed by atoms with Crippen LogP contribution in [-0.4, -0.2) is 37.8 Å². The maximum Gasteiger partial charge on any atom is 0.254 e. The summed E-state index contributed by atoms with van der Waals surface area (Å²) in [4.78, 5) is 18.9. The molecule has 0 radical (unpaired) electrons. The Morgan fingerprint density at radius 3 is 2.91 bits per heavy atom. The highest BCUT2D eigenvalue weighted by molar-refractivity contribution is 14.1. The largest absolute Gasteiger partial charge is 0.482 e. The third-order valence-electron chi connectivity index (χ3n) is 5.84. The molecule has 8 nitrogen and oxygen atoms in total. The number of ether oxygens (including phenoxy) is 1. The van der Waals surface area contributed by atoms with Gasteiger partial charge in [0.25, 0.3) is 5.91 Å². The van der Waals surface area contributed by atoms with Crippen molar-refractivity contribution >= 4 is 34.3 Å². The van der Waals surface area contributed by atoms with Crippen LogP contribution in [0, 0.1) is 15.3 Å². The predicted octanol–water partition coefficient (Wildman–Crippen LogP) is 4.21. The number of amides is 1. The zero-order valence-corrected chi connectivity index (χ0v) is 20.7. The molecule has 4 rings (SSSR count). The Morgan fingerprint density at radius 2 is 2.18 bits per heavy atom. The summed E-state index contributed by atoms with van der Waals surface area (Å²) in [5.41, 5.74) is 7.40. The molecule has 1 atom stereocenters. The third-order valence-corrected chi connectivity index (χ3v) is 6.43. The number of hydrogen-bond donors (Lipinski definition) is 1. The van der Waals surface area contributed by atoms with Gasteiger partial charge < -0.3 is 15.4 Å². The molecule has 1 fully saturated rings. The van der Waals surface area contributed by atoms with Gasteiger partial charge in [-0.3, -0.25) is 9.48 Å². The first kappa shape index (κ1) is 23.4. The van der Waals surface area contributed by atoms with Gasteiger partial charge in [-0.25, -0.2) is 9.37 Å². The van der Waals surface area contributed by atoms with Crippen molar-refractivity contribution in [1.29, 1.82) is 0 Å². The van der Waals surface area contributed by atoms with Crippen LogP contribution in [0.15, 0.2) is 36.7 Å². The Labute approximate surface area is 205 Å². The molecule has 1 aliphatic rings. The molecule has 1 aromatic carbocycles. The number of carbonyl (C=O) groups is 1. The molecule has 1 saturated carbocycles. The Kier molecular flexibility index (Phi) is 7.11. The first-order valence-electron chi connectivity index (χ1n) is 10.8. The van der Waals surface area contributed by atoms with Crippen molar-refractivity contribution < 1.29 is 13.9 Å². The second kappa shape index (κ2) is 10.0. The summed E-state index contributed by atoms with van der Waals surface area (Å²) in [7, 11) is 1.69. The van der Waals surface area contributed by atoms with Crippen molar-refractivity contribution in [3.63, 3.8) is 0 Å². The summed E-state index contributed by atoms with van der Waals surface area (Å²) >= 11 is 2.11. The van der Waals surface area contributed by atoms with Crippen molar-refractivity contribution in [2.45, 2.75) is 45.4 Å². The minimum Gasteiger partial charge on any atom is -0.482 e. The smallest absolute Gasteiger partial charge is 0.254 e. The molecular weight excluding hydrogens is 538 g/mol. The zero-order chi connectivity index (χ0) is 23.5. The van der Waals surface area contributed by atoms with E-state index < -0.39 is 11.9 Å². The van der Waals surface area contributed by atoms with Gasteiger partial charge in [0, 0.05) is 34.5 Å². The highest BCUT2D eigenvalue weighted by atomic mass is 127. The number of hydrogen-bond acceptors (Lipinski definition) is 6. The van der Waals surface area contributed by atoms with E-state index in [2.05, 4.69) is 37.9 Å². The van der Waals surface area contributed by atoms with Crippen LogP contribution in [0.25, 0.3) is 0 Å². The molecule has 2 N–H and O–H groups in total. The number of benzene rings is 1. The molecule has 2 aromatic heterocycles. The SMILES string of the molecule is C[C@@H](Oc1cc(I)cnc1N)c1cc(F)ccc1C(=O)N(C)Cc1cn(CC2CCC2)nn1. The predicted molar refractivity (Wildman–Crippen MR) is 130 cm³/mol. The lowest BCUT2D eigenvalue weighted by atomic mass is 9.85. The fourth-order valence-corrected chi connectivity index (χ4v) is 4.23. The van der Waals surface area contributed by atoms with Crippen LogP contribution in [0.4, 0.5) is 10.2 Å². The van der Waals surface area contributed by atoms with Gasteiger partial charge in [0.15, 0.2) is 11.6 Å². The minimum absolute atomic E-state index is 0.230. The lowest BCUT2D eigenvalue weighted by molar-refractivity contribution is 0.0778. The van der Waals surface area contributed by atoms with E-state index in [0.717, 1.165) is 10.1 Å². The van der Waals surface area contributed by atoms with Crippen molar-refractivity contribution in [1.82, 2.24) is 24.9 Å². The van der Waals surface area contributed by atoms with Crippen molar-refractivity contribution in [2.75, 3.05) is 12.8 Å². The highest BCUT2D eigenvalue weighted by Crippen LogP contribution is 2.30. The summed E-state index contributed by atoms with van der Waals surface area (Å²) in [6.45, 7) is 2.90. The second-order valence-electron chi connectivity index (χ2n) is 8.42. The number of nitrogens with zero attached hydrogens (tertiary/aromatic N) is 5. The normalized spacial score (nSPS) is 14.5. The molecule has 1 aliphatic carbocycles. The summed E-state index contributed by atoms with van der Waals surface area (Å²) in [5, 5.41) is 8.39. The lowest BCUT2D eigenvalue weighted by Crippen LogP contribution is -2.28. The number of nitrogens with two attached hydrogens (primary N) is 1. The monoisotopic (exact) mass is 564 g/mol. The van der Waals surface area contributed by atoms with Gasteiger partial charge in [0.1, 0.15) is 17.6 Å². The van der Waals surface area contributed by atoms with Crippen molar-refractivity contribution in [2.24, 2.45) is 5.92 Å². The first-order valence-corrected chi connectivity index (χ1v) is 11.9. The van der Waals surface area contributed by atoms with E-state index in [0.29, 0.717) is 35.0 Å². The topological polar surface area (TPSA) is 99.2 Å². The highest BCUT2D eigenvalue weighted by Gasteiger charge is 2.23. The number of pyridine rings is 1. The van der Waals surface area contributed by atoms with E-state index in [1.807, 2.05) is 10.9 Å². The molecule has 174 valence electrons. The lowest BCUT2D eigenvalue weighted by Gasteiger charge is -2.24. The number of carbonyl (C=O) groups excluding carboxylic acids is 1. The second-order valence-corrected chi connectivity index (χ2v) is 9.66. The van der Waals surface area contributed by atoms with Crippen LogP contribution in [0.5, 0.6) is 5.75 Å². The van der Waals surface area contributed by atoms with Gasteiger partial charge in [0.2, 0.25) is 0 Å². The van der Waals surface area contributed by atoms with Crippen LogP contribution >= 0.6 is 22.6 Å². The van der Waals surface area contributed by atoms with Crippen LogP contribution in [-0.2, 0) is 13.1 Å². The molecule has 33 heavy (non-hydrogen) atoms. The number of halogens is 2. The Bertz CT molecular complexity index is 1150. The molecule has 0 bridgehead atoms. The molecule has 0 spiro atoms. The Balaban J connectivity index is 1.49. The molecule has 1 amide bonds. The molecule has 3 aromatic rings. The molecule has 0 unspecified atom stereocenters. The van der Waals surface area contributed by atoms with E-state index in [9.17, 15) is 9.18 Å². The van der Waals surface area contributed by atoms with E-state index in [4.69, 9.17) is 10.5 Å². The van der Waals surface area contributed by atoms with Gasteiger partial charge in [-0.05, 0) is 72.5 Å². The first-order chi connectivity index (χ1) is 15.8. The average molecular weight is 564 g/mol. The summed E-state index contributed by atoms with van der Waals surface area (Å²) in [5.74, 6) is 0.566. The standard InChI is InChI=1S/C23H26FIN6O2/c1-14(33-21-9-17(25)10-27-22(21)26)20-8-16(24)6-7-19(20)23(32)30(2)12-18-13-31(29-28-18)11-15-4-3-5-15/h6-10,13-15H,3-5,11-12H2,1-2H3,(H2,26,27)/t14-/m1/s1. The van der Waals surface area contributed by atoms with E-state index in [1.54, 1.807) is 31.1 Å². The minimum atomic E-state index is -0.626. The summed E-state index contributed by atoms with van der Waals surface area (Å²) in [6.07, 6.45) is 6.61. The summed E-state index contributed by atoms with van der Waals surface area (Å²) < 4.78 is 22.8. The fraction of sp³-hybridized carbons (Fsp3) is 0.391. The number of anilines is 1. The van der Waals surface area contributed by atoms with Crippen LogP contribution in [0.2, 0.25) is 0 Å². The number of aromatic nitrogens is 4. The van der Waals surface area contributed by atoms with Gasteiger partial charge in [-0.2, -0.15) is 0 Å². The van der Waals surface area contributed by atoms with Crippen LogP contribution < -0.4 is 10.5 Å². The Hall–Kier alpha value is -2.76. The van der Waals surface area contributed by atoms with Crippen LogP contribution in [0.3, 0.4) is 0 Å². The van der Waals surface area contributed by atoms with E-state index in [-0.39, 0.29) is 11.7 Å². The van der Waals surface area contributed by atoms with E-state index >= 15 is 0 Å². The van der Waals surface area contributed by atoms with Gasteiger partial charge in [-0.1, -0.05) is 11.6 Å². The summed E-state index contributed by atoms with van der Waals surface area (Å²) in [6, 6.07) is 5.82. The molecule has 10 heteroatoms. The zero-order valence-electron chi connectivity index (χ0n) is 18.5.